The summed E-state index contributed by atoms with van der Waals surface area (Å²) in [5.74, 6) is -0.130. The van der Waals surface area contributed by atoms with Gasteiger partial charge in [-0.2, -0.15) is 10.2 Å². The third-order valence-electron chi connectivity index (χ3n) is 5.51. The van der Waals surface area contributed by atoms with E-state index in [1.807, 2.05) is 24.3 Å². The van der Waals surface area contributed by atoms with Crippen molar-refractivity contribution in [2.45, 2.75) is 5.60 Å². The maximum Gasteiger partial charge on any atom is 0.269 e. The summed E-state index contributed by atoms with van der Waals surface area (Å²) in [4.78, 5) is 24.7. The van der Waals surface area contributed by atoms with Gasteiger partial charge >= 0.3 is 0 Å². The summed E-state index contributed by atoms with van der Waals surface area (Å²) >= 11 is 0. The van der Waals surface area contributed by atoms with Gasteiger partial charge in [-0.15, -0.1) is 0 Å². The highest BCUT2D eigenvalue weighted by Gasteiger charge is 2.43. The molecule has 3 aromatic heterocycles. The summed E-state index contributed by atoms with van der Waals surface area (Å²) in [5, 5.41) is 23.5. The average Bonchev–Trinajstić information content (AvgIpc) is 3.43. The zero-order chi connectivity index (χ0) is 23.5. The predicted octanol–water partition coefficient (Wildman–Crippen LogP) is 3.30. The standard InChI is InChI=1S/C25H20N6O3/c1-34-19-6-4-5-17(12-19)25(33,23-27-9-10-28-23)24(32)30-18-11-16(13-26-14-18)21-15-29-31-22-8-3-2-7-20(21)22/h2-15,33H,1H3,(H,27,28)(H,30,32)/t25-/m1/s1. The zero-order valence-corrected chi connectivity index (χ0v) is 18.1. The van der Waals surface area contributed by atoms with E-state index in [2.05, 4.69) is 30.5 Å². The Morgan fingerprint density at radius 2 is 1.97 bits per heavy atom. The first-order valence-corrected chi connectivity index (χ1v) is 10.4. The average molecular weight is 452 g/mol. The second-order valence-electron chi connectivity index (χ2n) is 7.57. The molecule has 0 spiro atoms. The second kappa shape index (κ2) is 8.72. The largest absolute Gasteiger partial charge is 0.497 e. The Labute approximate surface area is 194 Å². The lowest BCUT2D eigenvalue weighted by Gasteiger charge is -2.26. The molecule has 0 saturated heterocycles. The van der Waals surface area contributed by atoms with Gasteiger partial charge in [-0.3, -0.25) is 9.78 Å². The molecular weight excluding hydrogens is 432 g/mol. The Kier molecular flexibility index (Phi) is 5.44. The number of ether oxygens (including phenoxy) is 1. The van der Waals surface area contributed by atoms with Crippen molar-refractivity contribution in [3.63, 3.8) is 0 Å². The van der Waals surface area contributed by atoms with Crippen molar-refractivity contribution in [1.29, 1.82) is 0 Å². The summed E-state index contributed by atoms with van der Waals surface area (Å²) in [5.41, 5.74) is 0.915. The van der Waals surface area contributed by atoms with Gasteiger partial charge in [0.1, 0.15) is 5.75 Å². The number of carbonyl (C=O) groups is 1. The van der Waals surface area contributed by atoms with E-state index in [0.717, 1.165) is 22.0 Å². The quantitative estimate of drug-likeness (QED) is 0.361. The lowest BCUT2D eigenvalue weighted by atomic mass is 9.91. The number of pyridine rings is 1. The monoisotopic (exact) mass is 452 g/mol. The first-order valence-electron chi connectivity index (χ1n) is 10.4. The first kappa shape index (κ1) is 21.2. The van der Waals surface area contributed by atoms with Gasteiger partial charge in [0.05, 0.1) is 30.7 Å². The highest BCUT2D eigenvalue weighted by Crippen LogP contribution is 2.32. The van der Waals surface area contributed by atoms with Crippen LogP contribution >= 0.6 is 0 Å². The Morgan fingerprint density at radius 1 is 1.09 bits per heavy atom. The number of amides is 1. The second-order valence-corrected chi connectivity index (χ2v) is 7.57. The number of imidazole rings is 1. The third-order valence-corrected chi connectivity index (χ3v) is 5.51. The molecule has 5 aromatic rings. The SMILES string of the molecule is COc1cccc([C@](O)(C(=O)Nc2cncc(-c3cnnc4ccccc34)c2)c2ncc[nH]2)c1. The van der Waals surface area contributed by atoms with Crippen LogP contribution in [0.5, 0.6) is 5.75 Å². The number of hydrogen-bond donors (Lipinski definition) is 3. The molecule has 0 fully saturated rings. The Bertz CT molecular complexity index is 1470. The van der Waals surface area contributed by atoms with Crippen LogP contribution in [0.25, 0.3) is 22.0 Å². The number of carbonyl (C=O) groups excluding carboxylic acids is 1. The lowest BCUT2D eigenvalue weighted by Crippen LogP contribution is -2.42. The minimum Gasteiger partial charge on any atom is -0.497 e. The molecule has 0 aliphatic heterocycles. The molecule has 0 saturated carbocycles. The third kappa shape index (κ3) is 3.74. The highest BCUT2D eigenvalue weighted by atomic mass is 16.5. The van der Waals surface area contributed by atoms with E-state index in [-0.39, 0.29) is 5.82 Å². The number of hydrogen-bond acceptors (Lipinski definition) is 7. The van der Waals surface area contributed by atoms with Crippen molar-refractivity contribution in [2.75, 3.05) is 12.4 Å². The molecule has 0 aliphatic carbocycles. The van der Waals surface area contributed by atoms with Crippen molar-refractivity contribution in [1.82, 2.24) is 25.1 Å². The fourth-order valence-electron chi connectivity index (χ4n) is 3.80. The number of aliphatic hydroxyl groups is 1. The van der Waals surface area contributed by atoms with E-state index < -0.39 is 11.5 Å². The molecule has 0 unspecified atom stereocenters. The summed E-state index contributed by atoms with van der Waals surface area (Å²) in [6, 6.07) is 16.0. The number of rotatable bonds is 6. The van der Waals surface area contributed by atoms with Crippen LogP contribution in [0.3, 0.4) is 0 Å². The zero-order valence-electron chi connectivity index (χ0n) is 18.1. The Hall–Kier alpha value is -4.63. The van der Waals surface area contributed by atoms with E-state index >= 15 is 0 Å². The molecule has 168 valence electrons. The van der Waals surface area contributed by atoms with Crippen molar-refractivity contribution < 1.29 is 14.6 Å². The molecule has 34 heavy (non-hydrogen) atoms. The summed E-state index contributed by atoms with van der Waals surface area (Å²) in [6.07, 6.45) is 7.85. The van der Waals surface area contributed by atoms with Crippen LogP contribution in [0, 0.1) is 0 Å². The van der Waals surface area contributed by atoms with Crippen LogP contribution in [0.1, 0.15) is 11.4 Å². The topological polar surface area (TPSA) is 126 Å². The summed E-state index contributed by atoms with van der Waals surface area (Å²) < 4.78 is 5.27. The maximum absolute atomic E-state index is 13.5. The molecule has 9 nitrogen and oxygen atoms in total. The number of aromatic nitrogens is 5. The minimum atomic E-state index is -2.10. The van der Waals surface area contributed by atoms with Gasteiger partial charge in [0, 0.05) is 40.7 Å². The molecule has 1 atom stereocenters. The molecule has 0 aliphatic rings. The molecule has 0 bridgehead atoms. The van der Waals surface area contributed by atoms with Crippen LogP contribution in [0.2, 0.25) is 0 Å². The van der Waals surface area contributed by atoms with Gasteiger partial charge in [-0.05, 0) is 24.3 Å². The van der Waals surface area contributed by atoms with Crippen LogP contribution in [0.4, 0.5) is 5.69 Å². The number of anilines is 1. The van der Waals surface area contributed by atoms with Crippen molar-refractivity contribution in [3.8, 4) is 16.9 Å². The smallest absolute Gasteiger partial charge is 0.269 e. The van der Waals surface area contributed by atoms with E-state index in [4.69, 9.17) is 4.74 Å². The molecule has 3 heterocycles. The number of benzene rings is 2. The molecule has 0 radical (unpaired) electrons. The van der Waals surface area contributed by atoms with Gasteiger partial charge in [-0.25, -0.2) is 4.98 Å². The van der Waals surface area contributed by atoms with Crippen molar-refractivity contribution in [2.24, 2.45) is 0 Å². The lowest BCUT2D eigenvalue weighted by molar-refractivity contribution is -0.131. The fraction of sp³-hybridized carbons (Fsp3) is 0.0800. The number of fused-ring (bicyclic) bond motifs is 1. The summed E-state index contributed by atoms with van der Waals surface area (Å²) in [6.45, 7) is 0. The molecule has 2 aromatic carbocycles. The van der Waals surface area contributed by atoms with E-state index in [1.165, 1.54) is 25.7 Å². The van der Waals surface area contributed by atoms with Gasteiger partial charge in [-0.1, -0.05) is 30.3 Å². The number of nitrogens with zero attached hydrogens (tertiary/aromatic N) is 4. The number of aromatic amines is 1. The molecule has 1 amide bonds. The van der Waals surface area contributed by atoms with Gasteiger partial charge in [0.2, 0.25) is 5.60 Å². The minimum absolute atomic E-state index is 0.0756. The molecule has 5 rings (SSSR count). The van der Waals surface area contributed by atoms with Crippen molar-refractivity contribution in [3.05, 3.63) is 97.0 Å². The van der Waals surface area contributed by atoms with Crippen LogP contribution in [-0.2, 0) is 10.4 Å². The number of H-pyrrole nitrogens is 1. The van der Waals surface area contributed by atoms with E-state index in [0.29, 0.717) is 17.0 Å². The Balaban J connectivity index is 1.53. The number of nitrogens with one attached hydrogen (secondary N) is 2. The van der Waals surface area contributed by atoms with Gasteiger partial charge < -0.3 is 20.1 Å². The molecule has 3 N–H and O–H groups in total. The van der Waals surface area contributed by atoms with Crippen LogP contribution in [-0.4, -0.2) is 43.3 Å². The molecular formula is C25H20N6O3. The predicted molar refractivity (Wildman–Crippen MR) is 126 cm³/mol. The van der Waals surface area contributed by atoms with Gasteiger partial charge in [0.25, 0.3) is 5.91 Å². The first-order chi connectivity index (χ1) is 16.6. The van der Waals surface area contributed by atoms with Crippen LogP contribution < -0.4 is 10.1 Å². The maximum atomic E-state index is 13.5. The number of methoxy groups -OCH3 is 1. The normalized spacial score (nSPS) is 12.8. The van der Waals surface area contributed by atoms with Crippen molar-refractivity contribution >= 4 is 22.5 Å². The van der Waals surface area contributed by atoms with E-state index in [9.17, 15) is 9.90 Å². The van der Waals surface area contributed by atoms with Crippen LogP contribution in [0.15, 0.2) is 85.6 Å². The summed E-state index contributed by atoms with van der Waals surface area (Å²) in [7, 11) is 1.51. The van der Waals surface area contributed by atoms with E-state index in [1.54, 1.807) is 42.7 Å². The van der Waals surface area contributed by atoms with Gasteiger partial charge in [0.15, 0.2) is 5.82 Å². The molecule has 9 heteroatoms. The fourth-order valence-corrected chi connectivity index (χ4v) is 3.80. The Morgan fingerprint density at radius 3 is 2.79 bits per heavy atom. The highest BCUT2D eigenvalue weighted by molar-refractivity contribution is 6.00.